The maximum Gasteiger partial charge on any atom is 0.226 e. The minimum Gasteiger partial charge on any atom is -0.493 e. The van der Waals surface area contributed by atoms with Crippen LogP contribution in [0.1, 0.15) is 23.3 Å². The Labute approximate surface area is 206 Å². The van der Waals surface area contributed by atoms with Gasteiger partial charge in [-0.3, -0.25) is 9.69 Å². The quantitative estimate of drug-likeness (QED) is 0.471. The van der Waals surface area contributed by atoms with Gasteiger partial charge in [0.05, 0.1) is 29.9 Å². The molecule has 1 aliphatic carbocycles. The molecule has 1 unspecified atom stereocenters. The highest BCUT2D eigenvalue weighted by atomic mass is 32.1. The van der Waals surface area contributed by atoms with E-state index in [9.17, 15) is 4.79 Å². The molecule has 0 radical (unpaired) electrons. The van der Waals surface area contributed by atoms with E-state index in [1.807, 2.05) is 18.3 Å². The van der Waals surface area contributed by atoms with Crippen LogP contribution >= 0.6 is 11.3 Å². The fourth-order valence-corrected chi connectivity index (χ4v) is 7.39. The number of rotatable bonds is 4. The molecular weight excluding hydrogens is 462 g/mol. The Kier molecular flexibility index (Phi) is 4.75. The number of thiophene rings is 1. The van der Waals surface area contributed by atoms with Gasteiger partial charge in [-0.15, -0.1) is 11.3 Å². The molecule has 1 N–H and O–H groups in total. The Morgan fingerprint density at radius 2 is 2.17 bits per heavy atom. The molecule has 2 aliphatic heterocycles. The number of piperazine rings is 1. The van der Waals surface area contributed by atoms with E-state index in [-0.39, 0.29) is 5.92 Å². The second kappa shape index (κ2) is 7.89. The highest BCUT2D eigenvalue weighted by Gasteiger charge is 2.45. The van der Waals surface area contributed by atoms with Crippen LogP contribution < -0.4 is 10.1 Å². The first-order valence-electron chi connectivity index (χ1n) is 12.1. The van der Waals surface area contributed by atoms with Crippen molar-refractivity contribution in [2.45, 2.75) is 37.8 Å². The van der Waals surface area contributed by atoms with E-state index < -0.39 is 0 Å². The Hall–Kier alpha value is -3.24. The molecule has 0 aromatic carbocycles. The van der Waals surface area contributed by atoms with Crippen LogP contribution in [0, 0.1) is 5.92 Å². The third kappa shape index (κ3) is 3.30. The summed E-state index contributed by atoms with van der Waals surface area (Å²) in [6, 6.07) is 4.89. The molecule has 10 heteroatoms. The van der Waals surface area contributed by atoms with Crippen LogP contribution in [0.25, 0.3) is 15.7 Å². The zero-order valence-corrected chi connectivity index (χ0v) is 20.6. The van der Waals surface area contributed by atoms with E-state index in [1.165, 1.54) is 10.4 Å². The molecule has 9 nitrogen and oxygen atoms in total. The summed E-state index contributed by atoms with van der Waals surface area (Å²) < 4.78 is 7.39. The van der Waals surface area contributed by atoms with Crippen molar-refractivity contribution in [3.8, 4) is 5.75 Å². The van der Waals surface area contributed by atoms with Gasteiger partial charge in [-0.25, -0.2) is 14.5 Å². The van der Waals surface area contributed by atoms with Crippen LogP contribution in [0.2, 0.25) is 0 Å². The van der Waals surface area contributed by atoms with Crippen LogP contribution in [0.15, 0.2) is 30.9 Å². The fourth-order valence-electron chi connectivity index (χ4n) is 6.12. The third-order valence-electron chi connectivity index (χ3n) is 7.96. The van der Waals surface area contributed by atoms with Crippen LogP contribution in [-0.4, -0.2) is 74.6 Å². The van der Waals surface area contributed by atoms with Gasteiger partial charge in [0, 0.05) is 42.2 Å². The Bertz CT molecular complexity index is 1460. The van der Waals surface area contributed by atoms with E-state index in [0.717, 1.165) is 66.0 Å². The number of likely N-dealkylation sites (tertiary alicyclic amines) is 2. The lowest BCUT2D eigenvalue weighted by molar-refractivity contribution is -0.138. The van der Waals surface area contributed by atoms with Crippen molar-refractivity contribution in [2.24, 2.45) is 5.92 Å². The maximum atomic E-state index is 13.4. The lowest BCUT2D eigenvalue weighted by Gasteiger charge is -2.35. The van der Waals surface area contributed by atoms with E-state index in [1.54, 1.807) is 35.5 Å². The molecule has 0 saturated carbocycles. The zero-order valence-electron chi connectivity index (χ0n) is 19.8. The number of hydrogen-bond donors (Lipinski definition) is 1. The van der Waals surface area contributed by atoms with Gasteiger partial charge in [0.1, 0.15) is 17.0 Å². The number of pyridine rings is 1. The van der Waals surface area contributed by atoms with Crippen molar-refractivity contribution in [1.29, 1.82) is 0 Å². The van der Waals surface area contributed by atoms with E-state index in [0.29, 0.717) is 23.7 Å². The van der Waals surface area contributed by atoms with Crippen LogP contribution in [0.4, 0.5) is 11.5 Å². The van der Waals surface area contributed by atoms with Gasteiger partial charge in [-0.1, -0.05) is 0 Å². The topological polar surface area (TPSA) is 87.9 Å². The minimum atomic E-state index is 0.0638. The first-order valence-corrected chi connectivity index (χ1v) is 12.9. The highest BCUT2D eigenvalue weighted by molar-refractivity contribution is 7.19. The molecule has 2 saturated heterocycles. The number of nitrogens with zero attached hydrogens (tertiary/aromatic N) is 6. The number of hydrogen-bond acceptors (Lipinski definition) is 8. The molecule has 2 bridgehead atoms. The molecule has 180 valence electrons. The number of anilines is 2. The number of ether oxygens (including phenoxy) is 1. The summed E-state index contributed by atoms with van der Waals surface area (Å²) in [4.78, 5) is 29.4. The molecular formula is C25H27N7O2S. The number of nitrogens with one attached hydrogen (secondary N) is 1. The summed E-state index contributed by atoms with van der Waals surface area (Å²) in [5.41, 5.74) is 3.08. The first kappa shape index (κ1) is 21.1. The molecule has 3 atom stereocenters. The molecule has 4 aromatic rings. The molecule has 6 heterocycles. The monoisotopic (exact) mass is 489 g/mol. The van der Waals surface area contributed by atoms with Gasteiger partial charge in [-0.05, 0) is 50.4 Å². The smallest absolute Gasteiger partial charge is 0.226 e. The number of methoxy groups -OCH3 is 1. The molecule has 0 spiro atoms. The average molecular weight is 490 g/mol. The normalized spacial score (nSPS) is 23.8. The van der Waals surface area contributed by atoms with Gasteiger partial charge < -0.3 is 15.0 Å². The SMILES string of the molecule is COc1cn2nccc2cc1Nc1ncnc2sc3c(c12)CC[C@H](C(=O)N1C[C@@H]2CC1CN2C)C3. The molecule has 35 heavy (non-hydrogen) atoms. The van der Waals surface area contributed by atoms with Crippen molar-refractivity contribution < 1.29 is 9.53 Å². The fraction of sp³-hybridized carbons (Fsp3) is 0.440. The van der Waals surface area contributed by atoms with Crippen LogP contribution in [-0.2, 0) is 17.6 Å². The third-order valence-corrected chi connectivity index (χ3v) is 9.13. The number of aromatic nitrogens is 4. The van der Waals surface area contributed by atoms with Gasteiger partial charge in [0.15, 0.2) is 5.75 Å². The van der Waals surface area contributed by atoms with Crippen molar-refractivity contribution >= 4 is 44.5 Å². The predicted octanol–water partition coefficient (Wildman–Crippen LogP) is 3.11. The summed E-state index contributed by atoms with van der Waals surface area (Å²) in [6.07, 6.45) is 8.90. The predicted molar refractivity (Wildman–Crippen MR) is 134 cm³/mol. The lowest BCUT2D eigenvalue weighted by Crippen LogP contribution is -2.49. The van der Waals surface area contributed by atoms with Crippen LogP contribution in [0.5, 0.6) is 5.75 Å². The van der Waals surface area contributed by atoms with Crippen molar-refractivity contribution in [1.82, 2.24) is 29.4 Å². The Morgan fingerprint density at radius 3 is 2.97 bits per heavy atom. The average Bonchev–Trinajstić information content (AvgIpc) is 3.64. The van der Waals surface area contributed by atoms with Crippen LogP contribution in [0.3, 0.4) is 0 Å². The zero-order chi connectivity index (χ0) is 23.7. The molecule has 3 aliphatic rings. The number of aryl methyl sites for hydroxylation is 1. The minimum absolute atomic E-state index is 0.0638. The van der Waals surface area contributed by atoms with Crippen molar-refractivity contribution in [3.63, 3.8) is 0 Å². The van der Waals surface area contributed by atoms with E-state index in [4.69, 9.17) is 4.74 Å². The van der Waals surface area contributed by atoms with E-state index in [2.05, 4.69) is 37.2 Å². The highest BCUT2D eigenvalue weighted by Crippen LogP contribution is 2.42. The summed E-state index contributed by atoms with van der Waals surface area (Å²) in [7, 11) is 3.83. The van der Waals surface area contributed by atoms with Gasteiger partial charge >= 0.3 is 0 Å². The van der Waals surface area contributed by atoms with Crippen molar-refractivity contribution in [2.75, 3.05) is 32.6 Å². The van der Waals surface area contributed by atoms with E-state index >= 15 is 0 Å². The van der Waals surface area contributed by atoms with Gasteiger partial charge in [0.25, 0.3) is 0 Å². The second-order valence-electron chi connectivity index (χ2n) is 9.90. The van der Waals surface area contributed by atoms with Gasteiger partial charge in [-0.2, -0.15) is 5.10 Å². The number of amides is 1. The standard InChI is InChI=1S/C25H27N7O2S/c1-30-10-17-8-16(30)11-31(17)25(33)14-3-4-18-21(7-14)35-24-22(18)23(26-13-27-24)29-19-9-15-5-6-28-32(15)12-20(19)34-2/h5-6,9,12-14,16-17H,3-4,7-8,10-11H2,1-2H3,(H,26,27,29)/t14-,16-,17?/m0/s1. The number of fused-ring (bicyclic) bond motifs is 6. The first-order chi connectivity index (χ1) is 17.1. The Balaban J connectivity index is 1.19. The summed E-state index contributed by atoms with van der Waals surface area (Å²) in [6.45, 7) is 1.90. The molecule has 1 amide bonds. The number of likely N-dealkylation sites (N-methyl/N-ethyl adjacent to an activating group) is 1. The molecule has 2 fully saturated rings. The lowest BCUT2D eigenvalue weighted by atomic mass is 9.86. The van der Waals surface area contributed by atoms with Crippen molar-refractivity contribution in [3.05, 3.63) is 41.3 Å². The summed E-state index contributed by atoms with van der Waals surface area (Å²) >= 11 is 1.70. The van der Waals surface area contributed by atoms with Gasteiger partial charge in [0.2, 0.25) is 5.91 Å². The maximum absolute atomic E-state index is 13.4. The summed E-state index contributed by atoms with van der Waals surface area (Å²) in [5.74, 6) is 1.87. The molecule has 4 aromatic heterocycles. The second-order valence-corrected chi connectivity index (χ2v) is 11.0. The molecule has 7 rings (SSSR count). The largest absolute Gasteiger partial charge is 0.493 e. The number of carbonyl (C=O) groups is 1. The Morgan fingerprint density at radius 1 is 1.26 bits per heavy atom. The number of carbonyl (C=O) groups excluding carboxylic acids is 1. The summed E-state index contributed by atoms with van der Waals surface area (Å²) in [5, 5.41) is 8.85.